The van der Waals surface area contributed by atoms with Gasteiger partial charge in [0.1, 0.15) is 11.6 Å². The highest BCUT2D eigenvalue weighted by atomic mass is 19.1. The first-order chi connectivity index (χ1) is 12.0. The molecule has 25 heavy (non-hydrogen) atoms. The van der Waals surface area contributed by atoms with Crippen LogP contribution in [0.15, 0.2) is 48.5 Å². The van der Waals surface area contributed by atoms with Crippen LogP contribution in [0.25, 0.3) is 21.9 Å². The molecule has 128 valence electrons. The summed E-state index contributed by atoms with van der Waals surface area (Å²) in [6.07, 6.45) is 0. The Balaban J connectivity index is 2.23. The SMILES string of the molecule is COCc1cc(F)c(-c2cccc3ccc(C(=O)OC)cc23)c(F)c1. The van der Waals surface area contributed by atoms with Gasteiger partial charge in [-0.25, -0.2) is 13.6 Å². The van der Waals surface area contributed by atoms with Crippen molar-refractivity contribution in [3.8, 4) is 11.1 Å². The van der Waals surface area contributed by atoms with Crippen LogP contribution in [0.1, 0.15) is 15.9 Å². The predicted octanol–water partition coefficient (Wildman–Crippen LogP) is 4.72. The Morgan fingerprint density at radius 2 is 1.72 bits per heavy atom. The fourth-order valence-electron chi connectivity index (χ4n) is 2.87. The monoisotopic (exact) mass is 342 g/mol. The van der Waals surface area contributed by atoms with E-state index in [-0.39, 0.29) is 12.2 Å². The summed E-state index contributed by atoms with van der Waals surface area (Å²) in [5, 5.41) is 1.34. The second kappa shape index (κ2) is 6.99. The number of carbonyl (C=O) groups excluding carboxylic acids is 1. The van der Waals surface area contributed by atoms with Gasteiger partial charge in [0, 0.05) is 7.11 Å². The van der Waals surface area contributed by atoms with Crippen molar-refractivity contribution >= 4 is 16.7 Å². The van der Waals surface area contributed by atoms with Gasteiger partial charge in [-0.2, -0.15) is 0 Å². The van der Waals surface area contributed by atoms with Crippen molar-refractivity contribution in [2.24, 2.45) is 0 Å². The predicted molar refractivity (Wildman–Crippen MR) is 91.4 cm³/mol. The van der Waals surface area contributed by atoms with Gasteiger partial charge in [-0.1, -0.05) is 24.3 Å². The van der Waals surface area contributed by atoms with E-state index >= 15 is 0 Å². The van der Waals surface area contributed by atoms with Crippen molar-refractivity contribution in [2.75, 3.05) is 14.2 Å². The molecular formula is C20H16F2O3. The van der Waals surface area contributed by atoms with Gasteiger partial charge in [-0.05, 0) is 46.2 Å². The van der Waals surface area contributed by atoms with Gasteiger partial charge in [0.25, 0.3) is 0 Å². The minimum atomic E-state index is -0.678. The third kappa shape index (κ3) is 3.23. The third-order valence-electron chi connectivity index (χ3n) is 3.99. The first-order valence-corrected chi connectivity index (χ1v) is 7.63. The molecule has 3 rings (SSSR count). The normalized spacial score (nSPS) is 10.9. The first kappa shape index (κ1) is 17.0. The second-order valence-corrected chi connectivity index (χ2v) is 5.60. The standard InChI is InChI=1S/C20H16F2O3/c1-24-11-12-8-17(21)19(18(22)9-12)15-5-3-4-13-6-7-14(10-16(13)15)20(23)25-2/h3-10H,11H2,1-2H3. The van der Waals surface area contributed by atoms with Crippen LogP contribution in [0.5, 0.6) is 0 Å². The molecule has 0 unspecified atom stereocenters. The van der Waals surface area contributed by atoms with Gasteiger partial charge in [0.2, 0.25) is 0 Å². The first-order valence-electron chi connectivity index (χ1n) is 7.63. The molecule has 0 spiro atoms. The van der Waals surface area contributed by atoms with Crippen LogP contribution >= 0.6 is 0 Å². The van der Waals surface area contributed by atoms with Gasteiger partial charge in [0.15, 0.2) is 0 Å². The minimum Gasteiger partial charge on any atom is -0.465 e. The summed E-state index contributed by atoms with van der Waals surface area (Å²) >= 11 is 0. The molecule has 0 aromatic heterocycles. The number of ether oxygens (including phenoxy) is 2. The molecule has 0 aliphatic rings. The molecule has 0 bridgehead atoms. The summed E-state index contributed by atoms with van der Waals surface area (Å²) in [7, 11) is 2.75. The molecule has 0 saturated heterocycles. The molecule has 5 heteroatoms. The molecule has 0 aliphatic heterocycles. The Bertz CT molecular complexity index is 928. The largest absolute Gasteiger partial charge is 0.465 e. The Morgan fingerprint density at radius 1 is 1.00 bits per heavy atom. The zero-order chi connectivity index (χ0) is 18.0. The lowest BCUT2D eigenvalue weighted by Crippen LogP contribution is -2.01. The minimum absolute atomic E-state index is 0.121. The number of hydrogen-bond acceptors (Lipinski definition) is 3. The summed E-state index contributed by atoms with van der Waals surface area (Å²) in [6.45, 7) is 0.121. The van der Waals surface area contributed by atoms with Crippen molar-refractivity contribution in [1.29, 1.82) is 0 Å². The fourth-order valence-corrected chi connectivity index (χ4v) is 2.87. The van der Waals surface area contributed by atoms with Crippen LogP contribution in [0, 0.1) is 11.6 Å². The van der Waals surface area contributed by atoms with E-state index in [1.54, 1.807) is 30.3 Å². The number of benzene rings is 3. The number of fused-ring (bicyclic) bond motifs is 1. The quantitative estimate of drug-likeness (QED) is 0.644. The molecule has 0 N–H and O–H groups in total. The van der Waals surface area contributed by atoms with Crippen molar-refractivity contribution in [2.45, 2.75) is 6.61 Å². The summed E-state index contributed by atoms with van der Waals surface area (Å²) in [5.74, 6) is -1.86. The van der Waals surface area contributed by atoms with Crippen LogP contribution in [0.2, 0.25) is 0 Å². The smallest absolute Gasteiger partial charge is 0.337 e. The van der Waals surface area contributed by atoms with Crippen LogP contribution in [-0.2, 0) is 16.1 Å². The average Bonchev–Trinajstić information content (AvgIpc) is 2.60. The Kier molecular flexibility index (Phi) is 4.76. The molecule has 0 fully saturated rings. The lowest BCUT2D eigenvalue weighted by molar-refractivity contribution is 0.0601. The molecular weight excluding hydrogens is 326 g/mol. The van der Waals surface area contributed by atoms with E-state index < -0.39 is 17.6 Å². The van der Waals surface area contributed by atoms with E-state index in [4.69, 9.17) is 9.47 Å². The van der Waals surface area contributed by atoms with Gasteiger partial charge < -0.3 is 9.47 Å². The number of rotatable bonds is 4. The summed E-state index contributed by atoms with van der Waals surface area (Å²) < 4.78 is 38.8. The van der Waals surface area contributed by atoms with E-state index in [0.29, 0.717) is 22.1 Å². The highest BCUT2D eigenvalue weighted by molar-refractivity contribution is 6.01. The summed E-state index contributed by atoms with van der Waals surface area (Å²) in [6, 6.07) is 12.6. The van der Waals surface area contributed by atoms with Crippen molar-refractivity contribution in [1.82, 2.24) is 0 Å². The zero-order valence-electron chi connectivity index (χ0n) is 13.8. The van der Waals surface area contributed by atoms with Crippen LogP contribution in [0.3, 0.4) is 0 Å². The van der Waals surface area contributed by atoms with Crippen molar-refractivity contribution in [3.05, 3.63) is 71.3 Å². The molecule has 0 aliphatic carbocycles. The molecule has 0 atom stereocenters. The highest BCUT2D eigenvalue weighted by Crippen LogP contribution is 2.34. The van der Waals surface area contributed by atoms with Crippen LogP contribution in [0.4, 0.5) is 8.78 Å². The maximum Gasteiger partial charge on any atom is 0.337 e. The van der Waals surface area contributed by atoms with Gasteiger partial charge >= 0.3 is 5.97 Å². The Labute approximate surface area is 143 Å². The molecule has 0 saturated carbocycles. The van der Waals surface area contributed by atoms with Crippen molar-refractivity contribution < 1.29 is 23.0 Å². The van der Waals surface area contributed by atoms with Gasteiger partial charge in [0.05, 0.1) is 24.8 Å². The second-order valence-electron chi connectivity index (χ2n) is 5.60. The van der Waals surface area contributed by atoms with Crippen molar-refractivity contribution in [3.63, 3.8) is 0 Å². The lowest BCUT2D eigenvalue weighted by Gasteiger charge is -2.12. The Hall–Kier alpha value is -2.79. The zero-order valence-corrected chi connectivity index (χ0v) is 13.8. The van der Waals surface area contributed by atoms with Crippen LogP contribution < -0.4 is 0 Å². The van der Waals surface area contributed by atoms with E-state index in [9.17, 15) is 13.6 Å². The summed E-state index contributed by atoms with van der Waals surface area (Å²) in [5.41, 5.74) is 0.977. The molecule has 0 amide bonds. The van der Waals surface area contributed by atoms with E-state index in [2.05, 4.69) is 0 Å². The molecule has 3 aromatic carbocycles. The number of halogens is 2. The number of esters is 1. The maximum absolute atomic E-state index is 14.6. The van der Waals surface area contributed by atoms with Crippen LogP contribution in [-0.4, -0.2) is 20.2 Å². The average molecular weight is 342 g/mol. The molecule has 0 radical (unpaired) electrons. The lowest BCUT2D eigenvalue weighted by atomic mass is 9.95. The van der Waals surface area contributed by atoms with E-state index in [0.717, 1.165) is 5.39 Å². The third-order valence-corrected chi connectivity index (χ3v) is 3.99. The van der Waals surface area contributed by atoms with Gasteiger partial charge in [-0.3, -0.25) is 0 Å². The number of carbonyl (C=O) groups is 1. The number of hydrogen-bond donors (Lipinski definition) is 0. The topological polar surface area (TPSA) is 35.5 Å². The molecule has 3 aromatic rings. The van der Waals surface area contributed by atoms with Gasteiger partial charge in [-0.15, -0.1) is 0 Å². The molecule has 0 heterocycles. The molecule has 3 nitrogen and oxygen atoms in total. The van der Waals surface area contributed by atoms with E-state index in [1.807, 2.05) is 6.07 Å². The number of methoxy groups -OCH3 is 2. The fraction of sp³-hybridized carbons (Fsp3) is 0.150. The summed E-state index contributed by atoms with van der Waals surface area (Å²) in [4.78, 5) is 11.8. The highest BCUT2D eigenvalue weighted by Gasteiger charge is 2.17. The Morgan fingerprint density at radius 3 is 2.36 bits per heavy atom. The maximum atomic E-state index is 14.6. The van der Waals surface area contributed by atoms with E-state index in [1.165, 1.54) is 26.4 Å².